The topological polar surface area (TPSA) is 66.8 Å². The summed E-state index contributed by atoms with van der Waals surface area (Å²) in [6, 6.07) is 0. The highest BCUT2D eigenvalue weighted by molar-refractivity contribution is 5.88. The highest BCUT2D eigenvalue weighted by atomic mass is 16.5. The van der Waals surface area contributed by atoms with E-state index in [1.807, 2.05) is 0 Å². The number of hydrogen-bond acceptors (Lipinski definition) is 4. The molecule has 0 heterocycles. The van der Waals surface area contributed by atoms with E-state index < -0.39 is 18.7 Å². The van der Waals surface area contributed by atoms with Crippen molar-refractivity contribution in [3.8, 4) is 11.8 Å². The number of unbranched alkanes of at least 4 members (excludes halogenated alkanes) is 13. The molecule has 1 atom stereocenters. The van der Waals surface area contributed by atoms with E-state index in [0.29, 0.717) is 6.42 Å². The Hall–Kier alpha value is -1.05. The third kappa shape index (κ3) is 19.1. The molecule has 4 heteroatoms. The minimum atomic E-state index is -1.02. The van der Waals surface area contributed by atoms with E-state index >= 15 is 0 Å². The van der Waals surface area contributed by atoms with Crippen LogP contribution in [0.5, 0.6) is 0 Å². The van der Waals surface area contributed by atoms with Gasteiger partial charge in [-0.1, -0.05) is 89.9 Å². The van der Waals surface area contributed by atoms with Crippen molar-refractivity contribution in [1.29, 1.82) is 0 Å². The Labute approximate surface area is 154 Å². The first kappa shape index (κ1) is 23.9. The summed E-state index contributed by atoms with van der Waals surface area (Å²) < 4.78 is 4.69. The van der Waals surface area contributed by atoms with Gasteiger partial charge >= 0.3 is 5.97 Å². The molecule has 0 aromatic heterocycles. The van der Waals surface area contributed by atoms with E-state index in [4.69, 9.17) is 14.9 Å². The van der Waals surface area contributed by atoms with Crippen LogP contribution in [0.1, 0.15) is 96.8 Å². The molecule has 0 amide bonds. The number of aliphatic hydroxyl groups is 2. The summed E-state index contributed by atoms with van der Waals surface area (Å²) in [6.07, 6.45) is 16.8. The van der Waals surface area contributed by atoms with Crippen LogP contribution in [0.4, 0.5) is 0 Å². The number of esters is 1. The third-order valence-corrected chi connectivity index (χ3v) is 4.21. The lowest BCUT2D eigenvalue weighted by molar-refractivity contribution is -0.140. The molecule has 4 nitrogen and oxygen atoms in total. The van der Waals surface area contributed by atoms with Crippen molar-refractivity contribution in [2.45, 2.75) is 103 Å². The molecule has 0 fully saturated rings. The first-order valence-corrected chi connectivity index (χ1v) is 10.1. The van der Waals surface area contributed by atoms with Crippen molar-refractivity contribution < 1.29 is 19.7 Å². The fourth-order valence-electron chi connectivity index (χ4n) is 2.63. The smallest absolute Gasteiger partial charge is 0.384 e. The van der Waals surface area contributed by atoms with Gasteiger partial charge in [0.2, 0.25) is 0 Å². The summed E-state index contributed by atoms with van der Waals surface area (Å²) in [4.78, 5) is 11.2. The second-order valence-corrected chi connectivity index (χ2v) is 6.73. The van der Waals surface area contributed by atoms with Crippen LogP contribution in [0.3, 0.4) is 0 Å². The highest BCUT2D eigenvalue weighted by Gasteiger charge is 2.04. The van der Waals surface area contributed by atoms with Crippen LogP contribution >= 0.6 is 0 Å². The first-order valence-electron chi connectivity index (χ1n) is 10.1. The van der Waals surface area contributed by atoms with E-state index in [9.17, 15) is 4.79 Å². The molecule has 1 unspecified atom stereocenters. The lowest BCUT2D eigenvalue weighted by atomic mass is 10.0. The highest BCUT2D eigenvalue weighted by Crippen LogP contribution is 2.12. The number of carbonyl (C=O) groups excluding carboxylic acids is 1. The molecule has 0 aliphatic rings. The van der Waals surface area contributed by atoms with Crippen molar-refractivity contribution in [1.82, 2.24) is 0 Å². The van der Waals surface area contributed by atoms with Crippen molar-refractivity contribution in [2.75, 3.05) is 13.2 Å². The maximum Gasteiger partial charge on any atom is 0.384 e. The standard InChI is InChI=1S/C21H38O4/c1-2-3-4-5-6-7-8-9-10-11-12-13-14-15-16-17-21(24)25-19-20(23)18-22/h20,22-23H,2-15,18-19H2,1H3. The molecule has 2 N–H and O–H groups in total. The maximum atomic E-state index is 11.2. The lowest BCUT2D eigenvalue weighted by Gasteiger charge is -2.04. The largest absolute Gasteiger partial charge is 0.453 e. The molecule has 0 rings (SSSR count). The fourth-order valence-corrected chi connectivity index (χ4v) is 2.63. The van der Waals surface area contributed by atoms with Crippen LogP contribution in [-0.4, -0.2) is 35.5 Å². The van der Waals surface area contributed by atoms with Gasteiger partial charge in [-0.05, 0) is 6.42 Å². The number of hydrogen-bond donors (Lipinski definition) is 2. The Morgan fingerprint density at radius 1 is 0.880 bits per heavy atom. The van der Waals surface area contributed by atoms with Crippen molar-refractivity contribution in [3.63, 3.8) is 0 Å². The Kier molecular flexibility index (Phi) is 18.5. The normalized spacial score (nSPS) is 11.6. The molecule has 0 spiro atoms. The zero-order valence-electron chi connectivity index (χ0n) is 16.1. The summed E-state index contributed by atoms with van der Waals surface area (Å²) in [5.74, 6) is 4.56. The molecule has 0 aliphatic carbocycles. The molecule has 25 heavy (non-hydrogen) atoms. The third-order valence-electron chi connectivity index (χ3n) is 4.21. The SMILES string of the molecule is CCCCCCCCCCCCCCCC#CC(=O)OCC(O)CO. The molecule has 0 saturated carbocycles. The van der Waals surface area contributed by atoms with Gasteiger partial charge < -0.3 is 14.9 Å². The van der Waals surface area contributed by atoms with E-state index in [-0.39, 0.29) is 6.61 Å². The van der Waals surface area contributed by atoms with Gasteiger partial charge in [0, 0.05) is 12.3 Å². The monoisotopic (exact) mass is 354 g/mol. The molecule has 0 bridgehead atoms. The van der Waals surface area contributed by atoms with Crippen LogP contribution in [0.2, 0.25) is 0 Å². The van der Waals surface area contributed by atoms with Crippen LogP contribution in [0.25, 0.3) is 0 Å². The lowest BCUT2D eigenvalue weighted by Crippen LogP contribution is -2.21. The van der Waals surface area contributed by atoms with E-state index in [0.717, 1.165) is 12.8 Å². The quantitative estimate of drug-likeness (QED) is 0.187. The van der Waals surface area contributed by atoms with E-state index in [1.165, 1.54) is 70.6 Å². The Balaban J connectivity index is 3.26. The summed E-state index contributed by atoms with van der Waals surface area (Å²) in [5, 5.41) is 17.6. The van der Waals surface area contributed by atoms with Crippen LogP contribution in [0.15, 0.2) is 0 Å². The maximum absolute atomic E-state index is 11.2. The molecule has 0 aromatic rings. The van der Waals surface area contributed by atoms with E-state index in [1.54, 1.807) is 0 Å². The Morgan fingerprint density at radius 3 is 1.84 bits per heavy atom. The second kappa shape index (κ2) is 19.3. The molecular formula is C21H38O4. The van der Waals surface area contributed by atoms with Crippen molar-refractivity contribution in [2.24, 2.45) is 0 Å². The second-order valence-electron chi connectivity index (χ2n) is 6.73. The van der Waals surface area contributed by atoms with Gasteiger partial charge in [-0.2, -0.15) is 0 Å². The first-order chi connectivity index (χ1) is 12.2. The summed E-state index contributed by atoms with van der Waals surface area (Å²) in [5.41, 5.74) is 0. The number of ether oxygens (including phenoxy) is 1. The minimum Gasteiger partial charge on any atom is -0.453 e. The van der Waals surface area contributed by atoms with Crippen molar-refractivity contribution >= 4 is 5.97 Å². The number of aliphatic hydroxyl groups excluding tert-OH is 2. The van der Waals surface area contributed by atoms with Gasteiger partial charge in [0.15, 0.2) is 0 Å². The zero-order chi connectivity index (χ0) is 18.6. The Morgan fingerprint density at radius 2 is 1.36 bits per heavy atom. The minimum absolute atomic E-state index is 0.206. The summed E-state index contributed by atoms with van der Waals surface area (Å²) >= 11 is 0. The van der Waals surface area contributed by atoms with Gasteiger partial charge in [-0.3, -0.25) is 0 Å². The number of carbonyl (C=O) groups is 1. The Bertz CT molecular complexity index is 357. The van der Waals surface area contributed by atoms with Gasteiger partial charge in [0.05, 0.1) is 6.61 Å². The van der Waals surface area contributed by atoms with Gasteiger partial charge in [0.1, 0.15) is 12.7 Å². The molecule has 0 radical (unpaired) electrons. The van der Waals surface area contributed by atoms with Crippen LogP contribution < -0.4 is 0 Å². The molecule has 146 valence electrons. The van der Waals surface area contributed by atoms with Gasteiger partial charge in [0.25, 0.3) is 0 Å². The zero-order valence-corrected chi connectivity index (χ0v) is 16.1. The van der Waals surface area contributed by atoms with E-state index in [2.05, 4.69) is 18.8 Å². The molecular weight excluding hydrogens is 316 g/mol. The fraction of sp³-hybridized carbons (Fsp3) is 0.857. The van der Waals surface area contributed by atoms with Gasteiger partial charge in [-0.15, -0.1) is 0 Å². The average Bonchev–Trinajstić information content (AvgIpc) is 2.62. The predicted octanol–water partition coefficient (Wildman–Crippen LogP) is 4.37. The molecule has 0 saturated heterocycles. The summed E-state index contributed by atoms with van der Waals surface area (Å²) in [7, 11) is 0. The summed E-state index contributed by atoms with van der Waals surface area (Å²) in [6.45, 7) is 1.63. The van der Waals surface area contributed by atoms with Crippen LogP contribution in [0, 0.1) is 11.8 Å². The van der Waals surface area contributed by atoms with Gasteiger partial charge in [-0.25, -0.2) is 4.79 Å². The molecule has 0 aliphatic heterocycles. The number of rotatable bonds is 16. The average molecular weight is 355 g/mol. The van der Waals surface area contributed by atoms with Crippen LogP contribution in [-0.2, 0) is 9.53 Å². The predicted molar refractivity (Wildman–Crippen MR) is 102 cm³/mol. The van der Waals surface area contributed by atoms with Crippen molar-refractivity contribution in [3.05, 3.63) is 0 Å². The molecule has 0 aromatic carbocycles.